The normalized spacial score (nSPS) is 13.4. The lowest BCUT2D eigenvalue weighted by molar-refractivity contribution is -0.123. The number of hydrogen-bond donors (Lipinski definition) is 2. The minimum Gasteiger partial charge on any atom is -0.355 e. The van der Waals surface area contributed by atoms with Gasteiger partial charge in [-0.05, 0) is 31.5 Å². The van der Waals surface area contributed by atoms with E-state index in [1.807, 2.05) is 24.3 Å². The molecule has 21 heavy (non-hydrogen) atoms. The summed E-state index contributed by atoms with van der Waals surface area (Å²) >= 11 is 1.52. The second-order valence-electron chi connectivity index (χ2n) is 4.58. The summed E-state index contributed by atoms with van der Waals surface area (Å²) in [6.07, 6.45) is 1.75. The van der Waals surface area contributed by atoms with E-state index in [-0.39, 0.29) is 30.8 Å². The molecule has 1 aromatic carbocycles. The van der Waals surface area contributed by atoms with Gasteiger partial charge in [-0.3, -0.25) is 9.59 Å². The minimum atomic E-state index is -0.128. The first-order valence-electron chi connectivity index (χ1n) is 6.71. The second-order valence-corrected chi connectivity index (χ2v) is 5.60. The van der Waals surface area contributed by atoms with Crippen LogP contribution in [0.15, 0.2) is 29.2 Å². The van der Waals surface area contributed by atoms with Crippen LogP contribution in [0.2, 0.25) is 0 Å². The quantitative estimate of drug-likeness (QED) is 0.774. The number of rotatable bonds is 6. The highest BCUT2D eigenvalue weighted by atomic mass is 35.5. The number of thioether (sulfide) groups is 1. The zero-order valence-electron chi connectivity index (χ0n) is 11.7. The minimum absolute atomic E-state index is 0. The van der Waals surface area contributed by atoms with Gasteiger partial charge < -0.3 is 16.0 Å². The number of anilines is 1. The van der Waals surface area contributed by atoms with E-state index in [4.69, 9.17) is 5.73 Å². The van der Waals surface area contributed by atoms with E-state index < -0.39 is 0 Å². The van der Waals surface area contributed by atoms with Crippen LogP contribution < -0.4 is 16.0 Å². The van der Waals surface area contributed by atoms with Gasteiger partial charge in [0.25, 0.3) is 0 Å². The molecule has 7 heteroatoms. The molecule has 5 nitrogen and oxygen atoms in total. The Labute approximate surface area is 135 Å². The Bertz CT molecular complexity index is 499. The van der Waals surface area contributed by atoms with Crippen molar-refractivity contribution in [2.24, 2.45) is 5.73 Å². The van der Waals surface area contributed by atoms with Crippen molar-refractivity contribution in [3.8, 4) is 0 Å². The van der Waals surface area contributed by atoms with E-state index in [9.17, 15) is 9.59 Å². The SMILES string of the molecule is Cl.NCCCCNC(=O)CN1C(=O)CSc2ccccc21. The molecule has 0 unspecified atom stereocenters. The van der Waals surface area contributed by atoms with E-state index in [1.54, 1.807) is 4.90 Å². The molecule has 0 saturated heterocycles. The first-order valence-corrected chi connectivity index (χ1v) is 7.70. The van der Waals surface area contributed by atoms with Crippen molar-refractivity contribution in [2.75, 3.05) is 30.3 Å². The largest absolute Gasteiger partial charge is 0.355 e. The summed E-state index contributed by atoms with van der Waals surface area (Å²) in [6.45, 7) is 1.32. The number of carbonyl (C=O) groups excluding carboxylic acids is 2. The average Bonchev–Trinajstić information content (AvgIpc) is 2.47. The van der Waals surface area contributed by atoms with Crippen molar-refractivity contribution in [3.63, 3.8) is 0 Å². The number of nitrogens with one attached hydrogen (secondary N) is 1. The molecule has 0 aliphatic carbocycles. The number of para-hydroxylation sites is 1. The first kappa shape index (κ1) is 17.8. The van der Waals surface area contributed by atoms with Crippen molar-refractivity contribution >= 4 is 41.7 Å². The van der Waals surface area contributed by atoms with Crippen LogP contribution in [0.3, 0.4) is 0 Å². The van der Waals surface area contributed by atoms with Crippen LogP contribution in [-0.2, 0) is 9.59 Å². The molecule has 3 N–H and O–H groups in total. The molecule has 2 rings (SSSR count). The summed E-state index contributed by atoms with van der Waals surface area (Å²) in [7, 11) is 0. The molecule has 1 aliphatic heterocycles. The predicted octanol–water partition coefficient (Wildman–Crippen LogP) is 1.40. The fourth-order valence-electron chi connectivity index (χ4n) is 2.02. The number of nitrogens with zero attached hydrogens (tertiary/aromatic N) is 1. The van der Waals surface area contributed by atoms with Gasteiger partial charge >= 0.3 is 0 Å². The summed E-state index contributed by atoms with van der Waals surface area (Å²) in [5, 5.41) is 2.82. The monoisotopic (exact) mass is 329 g/mol. The highest BCUT2D eigenvalue weighted by Crippen LogP contribution is 2.34. The number of hydrogen-bond acceptors (Lipinski definition) is 4. The number of carbonyl (C=O) groups is 2. The molecule has 2 amide bonds. The number of halogens is 1. The fraction of sp³-hybridized carbons (Fsp3) is 0.429. The zero-order chi connectivity index (χ0) is 14.4. The third kappa shape index (κ3) is 4.91. The lowest BCUT2D eigenvalue weighted by Crippen LogP contribution is -2.43. The van der Waals surface area contributed by atoms with Gasteiger partial charge in [-0.15, -0.1) is 24.2 Å². The average molecular weight is 330 g/mol. The Morgan fingerprint density at radius 2 is 2.10 bits per heavy atom. The zero-order valence-corrected chi connectivity index (χ0v) is 13.3. The van der Waals surface area contributed by atoms with Gasteiger partial charge in [-0.1, -0.05) is 12.1 Å². The maximum Gasteiger partial charge on any atom is 0.240 e. The van der Waals surface area contributed by atoms with Gasteiger partial charge in [-0.2, -0.15) is 0 Å². The second kappa shape index (κ2) is 8.92. The Kier molecular flexibility index (Phi) is 7.56. The summed E-state index contributed by atoms with van der Waals surface area (Å²) in [5.74, 6) is 0.236. The number of nitrogens with two attached hydrogens (primary N) is 1. The van der Waals surface area contributed by atoms with Gasteiger partial charge in [0.15, 0.2) is 0 Å². The van der Waals surface area contributed by atoms with Gasteiger partial charge in [0, 0.05) is 11.4 Å². The van der Waals surface area contributed by atoms with E-state index in [1.165, 1.54) is 11.8 Å². The molecule has 0 bridgehead atoms. The van der Waals surface area contributed by atoms with Crippen LogP contribution in [0.4, 0.5) is 5.69 Å². The van der Waals surface area contributed by atoms with Gasteiger partial charge in [0.1, 0.15) is 6.54 Å². The van der Waals surface area contributed by atoms with Crippen LogP contribution >= 0.6 is 24.2 Å². The van der Waals surface area contributed by atoms with Crippen molar-refractivity contribution < 1.29 is 9.59 Å². The van der Waals surface area contributed by atoms with Gasteiger partial charge in [0.05, 0.1) is 11.4 Å². The molecule has 0 saturated carbocycles. The molecule has 116 valence electrons. The van der Waals surface area contributed by atoms with E-state index >= 15 is 0 Å². The van der Waals surface area contributed by atoms with Crippen molar-refractivity contribution in [2.45, 2.75) is 17.7 Å². The maximum absolute atomic E-state index is 12.0. The van der Waals surface area contributed by atoms with Crippen molar-refractivity contribution in [1.29, 1.82) is 0 Å². The van der Waals surface area contributed by atoms with Gasteiger partial charge in [-0.25, -0.2) is 0 Å². The van der Waals surface area contributed by atoms with E-state index in [0.29, 0.717) is 18.8 Å². The van der Waals surface area contributed by atoms with Gasteiger partial charge in [0.2, 0.25) is 11.8 Å². The standard InChI is InChI=1S/C14H19N3O2S.ClH/c15-7-3-4-8-16-13(18)9-17-11-5-1-2-6-12(11)20-10-14(17)19;/h1-2,5-6H,3-4,7-10,15H2,(H,16,18);1H. The summed E-state index contributed by atoms with van der Waals surface area (Å²) < 4.78 is 0. The van der Waals surface area contributed by atoms with Crippen LogP contribution in [0, 0.1) is 0 Å². The van der Waals surface area contributed by atoms with Crippen LogP contribution in [0.1, 0.15) is 12.8 Å². The number of amides is 2. The molecular weight excluding hydrogens is 310 g/mol. The molecule has 1 aromatic rings. The molecule has 1 aliphatic rings. The molecule has 0 radical (unpaired) electrons. The number of benzene rings is 1. The molecule has 0 aromatic heterocycles. The first-order chi connectivity index (χ1) is 9.72. The summed E-state index contributed by atoms with van der Waals surface area (Å²) in [5.41, 5.74) is 6.22. The predicted molar refractivity (Wildman–Crippen MR) is 88.1 cm³/mol. The highest BCUT2D eigenvalue weighted by Gasteiger charge is 2.25. The number of fused-ring (bicyclic) bond motifs is 1. The highest BCUT2D eigenvalue weighted by molar-refractivity contribution is 8.00. The van der Waals surface area contributed by atoms with Crippen molar-refractivity contribution in [1.82, 2.24) is 5.32 Å². The Morgan fingerprint density at radius 1 is 1.33 bits per heavy atom. The third-order valence-corrected chi connectivity index (χ3v) is 4.11. The van der Waals surface area contributed by atoms with E-state index in [0.717, 1.165) is 23.4 Å². The van der Waals surface area contributed by atoms with Crippen LogP contribution in [0.25, 0.3) is 0 Å². The molecule has 0 spiro atoms. The Balaban J connectivity index is 0.00000220. The lowest BCUT2D eigenvalue weighted by atomic mass is 10.2. The lowest BCUT2D eigenvalue weighted by Gasteiger charge is -2.28. The Morgan fingerprint density at radius 3 is 2.86 bits per heavy atom. The summed E-state index contributed by atoms with van der Waals surface area (Å²) in [4.78, 5) is 26.5. The topological polar surface area (TPSA) is 75.4 Å². The molecule has 0 atom stereocenters. The van der Waals surface area contributed by atoms with E-state index in [2.05, 4.69) is 5.32 Å². The fourth-order valence-corrected chi connectivity index (χ4v) is 2.96. The van der Waals surface area contributed by atoms with Crippen molar-refractivity contribution in [3.05, 3.63) is 24.3 Å². The summed E-state index contributed by atoms with van der Waals surface area (Å²) in [6, 6.07) is 7.66. The molecule has 0 fully saturated rings. The molecule has 1 heterocycles. The number of unbranched alkanes of at least 4 members (excludes halogenated alkanes) is 1. The Hall–Kier alpha value is -1.24. The van der Waals surface area contributed by atoms with Crippen LogP contribution in [0.5, 0.6) is 0 Å². The molecular formula is C14H20ClN3O2S. The van der Waals surface area contributed by atoms with Crippen LogP contribution in [-0.4, -0.2) is 37.2 Å². The maximum atomic E-state index is 12.0. The third-order valence-electron chi connectivity index (χ3n) is 3.06. The smallest absolute Gasteiger partial charge is 0.240 e.